The Bertz CT molecular complexity index is 703. The van der Waals surface area contributed by atoms with E-state index in [0.29, 0.717) is 17.7 Å². The molecule has 2 aromatic rings. The molecule has 0 fully saturated rings. The van der Waals surface area contributed by atoms with Gasteiger partial charge in [-0.2, -0.15) is 13.2 Å². The number of hydrogen-bond donors (Lipinski definition) is 2. The zero-order chi connectivity index (χ0) is 18.3. The normalized spacial score (nSPS) is 11.2. The number of amides is 1. The second-order valence-corrected chi connectivity index (χ2v) is 5.25. The monoisotopic (exact) mass is 353 g/mol. The van der Waals surface area contributed by atoms with Crippen LogP contribution in [0, 0.1) is 0 Å². The van der Waals surface area contributed by atoms with Gasteiger partial charge in [0.15, 0.2) is 6.61 Å². The summed E-state index contributed by atoms with van der Waals surface area (Å²) in [5.41, 5.74) is 1.80. The van der Waals surface area contributed by atoms with Crippen molar-refractivity contribution in [2.45, 2.75) is 12.6 Å². The highest BCUT2D eigenvalue weighted by molar-refractivity contribution is 6.05. The van der Waals surface area contributed by atoms with Gasteiger partial charge in [-0.1, -0.05) is 18.2 Å². The van der Waals surface area contributed by atoms with Gasteiger partial charge in [0.1, 0.15) is 0 Å². The number of likely N-dealkylation sites (N-methyl/N-ethyl adjacent to an activating group) is 1. The van der Waals surface area contributed by atoms with E-state index in [0.717, 1.165) is 12.1 Å². The van der Waals surface area contributed by atoms with Crippen LogP contribution in [0.1, 0.15) is 15.9 Å². The Hall–Kier alpha value is -2.61. The second-order valence-electron chi connectivity index (χ2n) is 5.25. The summed E-state index contributed by atoms with van der Waals surface area (Å²) in [7, 11) is 1.83. The predicted molar refractivity (Wildman–Crippen MR) is 87.8 cm³/mol. The first-order valence-electron chi connectivity index (χ1n) is 7.58. The van der Waals surface area contributed by atoms with E-state index in [-0.39, 0.29) is 11.8 Å². The van der Waals surface area contributed by atoms with E-state index in [1.807, 2.05) is 19.2 Å². The van der Waals surface area contributed by atoms with Gasteiger partial charge in [0.2, 0.25) is 5.88 Å². The van der Waals surface area contributed by atoms with Crippen molar-refractivity contribution in [3.63, 3.8) is 0 Å². The van der Waals surface area contributed by atoms with Crippen molar-refractivity contribution < 1.29 is 22.7 Å². The fraction of sp³-hybridized carbons (Fsp3) is 0.294. The molecule has 25 heavy (non-hydrogen) atoms. The molecule has 0 unspecified atom stereocenters. The van der Waals surface area contributed by atoms with Crippen molar-refractivity contribution in [3.8, 4) is 5.88 Å². The molecule has 0 aliphatic rings. The third-order valence-electron chi connectivity index (χ3n) is 3.28. The average molecular weight is 353 g/mol. The summed E-state index contributed by atoms with van der Waals surface area (Å²) in [4.78, 5) is 16.2. The molecule has 0 radical (unpaired) electrons. The zero-order valence-electron chi connectivity index (χ0n) is 13.6. The van der Waals surface area contributed by atoms with Gasteiger partial charge in [-0.05, 0) is 37.7 Å². The van der Waals surface area contributed by atoms with Crippen molar-refractivity contribution in [1.82, 2.24) is 10.3 Å². The minimum Gasteiger partial charge on any atom is -0.468 e. The van der Waals surface area contributed by atoms with E-state index >= 15 is 0 Å². The van der Waals surface area contributed by atoms with Crippen LogP contribution in [0.25, 0.3) is 0 Å². The SMILES string of the molecule is CNCCc1ccccc1C(=O)Nc1ccc(OCC(F)(F)F)nc1. The number of alkyl halides is 3. The number of halogens is 3. The third-order valence-corrected chi connectivity index (χ3v) is 3.28. The molecule has 0 atom stereocenters. The zero-order valence-corrected chi connectivity index (χ0v) is 13.6. The Kier molecular flexibility index (Phi) is 6.35. The number of nitrogens with zero attached hydrogens (tertiary/aromatic N) is 1. The van der Waals surface area contributed by atoms with Gasteiger partial charge in [0.25, 0.3) is 5.91 Å². The van der Waals surface area contributed by atoms with Gasteiger partial charge in [-0.15, -0.1) is 0 Å². The average Bonchev–Trinajstić information content (AvgIpc) is 2.59. The Morgan fingerprint density at radius 1 is 1.20 bits per heavy atom. The number of carbonyl (C=O) groups is 1. The van der Waals surface area contributed by atoms with Crippen LogP contribution in [-0.4, -0.2) is 37.3 Å². The fourth-order valence-electron chi connectivity index (χ4n) is 2.11. The Morgan fingerprint density at radius 3 is 2.60 bits per heavy atom. The Labute approximate surface area is 143 Å². The van der Waals surface area contributed by atoms with Crippen molar-refractivity contribution in [2.75, 3.05) is 25.5 Å². The van der Waals surface area contributed by atoms with Crippen LogP contribution in [0.4, 0.5) is 18.9 Å². The lowest BCUT2D eigenvalue weighted by Crippen LogP contribution is -2.19. The highest BCUT2D eigenvalue weighted by atomic mass is 19.4. The van der Waals surface area contributed by atoms with Crippen LogP contribution in [0.3, 0.4) is 0 Å². The van der Waals surface area contributed by atoms with E-state index < -0.39 is 12.8 Å². The minimum absolute atomic E-state index is 0.162. The maximum absolute atomic E-state index is 12.4. The molecule has 8 heteroatoms. The van der Waals surface area contributed by atoms with Crippen LogP contribution in [0.15, 0.2) is 42.6 Å². The molecule has 2 rings (SSSR count). The molecule has 1 aromatic heterocycles. The van der Waals surface area contributed by atoms with Crippen molar-refractivity contribution >= 4 is 11.6 Å². The van der Waals surface area contributed by atoms with Gasteiger partial charge in [0.05, 0.1) is 11.9 Å². The number of benzene rings is 1. The molecule has 1 amide bonds. The summed E-state index contributed by atoms with van der Waals surface area (Å²) >= 11 is 0. The van der Waals surface area contributed by atoms with Crippen LogP contribution in [0.5, 0.6) is 5.88 Å². The quantitative estimate of drug-likeness (QED) is 0.803. The van der Waals surface area contributed by atoms with E-state index in [1.54, 1.807) is 12.1 Å². The molecule has 0 spiro atoms. The molecule has 1 heterocycles. The number of aromatic nitrogens is 1. The molecule has 2 N–H and O–H groups in total. The fourth-order valence-corrected chi connectivity index (χ4v) is 2.11. The smallest absolute Gasteiger partial charge is 0.422 e. The first kappa shape index (κ1) is 18.7. The largest absolute Gasteiger partial charge is 0.468 e. The molecule has 0 aliphatic heterocycles. The molecule has 0 saturated heterocycles. The summed E-state index contributed by atoms with van der Waals surface area (Å²) in [6.45, 7) is -0.679. The van der Waals surface area contributed by atoms with E-state index in [2.05, 4.69) is 20.4 Å². The molecule has 1 aromatic carbocycles. The van der Waals surface area contributed by atoms with Crippen LogP contribution >= 0.6 is 0 Å². The number of pyridine rings is 1. The highest BCUT2D eigenvalue weighted by Crippen LogP contribution is 2.19. The number of rotatable bonds is 7. The summed E-state index contributed by atoms with van der Waals surface area (Å²) in [6, 6.07) is 9.93. The van der Waals surface area contributed by atoms with Gasteiger partial charge in [-0.25, -0.2) is 4.98 Å². The number of hydrogen-bond acceptors (Lipinski definition) is 4. The summed E-state index contributed by atoms with van der Waals surface area (Å²) in [5, 5.41) is 5.70. The first-order valence-corrected chi connectivity index (χ1v) is 7.58. The minimum atomic E-state index is -4.42. The number of anilines is 1. The lowest BCUT2D eigenvalue weighted by molar-refractivity contribution is -0.154. The van der Waals surface area contributed by atoms with Crippen LogP contribution < -0.4 is 15.4 Å². The summed E-state index contributed by atoms with van der Waals surface area (Å²) in [6.07, 6.45) is -2.48. The summed E-state index contributed by atoms with van der Waals surface area (Å²) < 4.78 is 40.8. The van der Waals surface area contributed by atoms with Crippen molar-refractivity contribution in [3.05, 3.63) is 53.7 Å². The molecular formula is C17H18F3N3O2. The number of carbonyl (C=O) groups excluding carboxylic acids is 1. The van der Waals surface area contributed by atoms with Crippen LogP contribution in [0.2, 0.25) is 0 Å². The lowest BCUT2D eigenvalue weighted by Gasteiger charge is -2.11. The van der Waals surface area contributed by atoms with Gasteiger partial charge < -0.3 is 15.4 Å². The Morgan fingerprint density at radius 2 is 1.96 bits per heavy atom. The van der Waals surface area contributed by atoms with Crippen molar-refractivity contribution in [2.24, 2.45) is 0 Å². The highest BCUT2D eigenvalue weighted by Gasteiger charge is 2.28. The molecule has 0 aliphatic carbocycles. The van der Waals surface area contributed by atoms with Gasteiger partial charge in [0, 0.05) is 11.6 Å². The molecule has 0 saturated carbocycles. The van der Waals surface area contributed by atoms with Crippen LogP contribution in [-0.2, 0) is 6.42 Å². The number of nitrogens with one attached hydrogen (secondary N) is 2. The standard InChI is InChI=1S/C17H18F3N3O2/c1-21-9-8-12-4-2-3-5-14(12)16(24)23-13-6-7-15(22-10-13)25-11-17(18,19)20/h2-7,10,21H,8-9,11H2,1H3,(H,23,24). The maximum atomic E-state index is 12.4. The van der Waals surface area contributed by atoms with E-state index in [1.165, 1.54) is 18.3 Å². The van der Waals surface area contributed by atoms with Gasteiger partial charge in [-0.3, -0.25) is 4.79 Å². The maximum Gasteiger partial charge on any atom is 0.422 e. The van der Waals surface area contributed by atoms with Crippen molar-refractivity contribution in [1.29, 1.82) is 0 Å². The number of ether oxygens (including phenoxy) is 1. The van der Waals surface area contributed by atoms with E-state index in [9.17, 15) is 18.0 Å². The third kappa shape index (κ3) is 6.07. The topological polar surface area (TPSA) is 63.2 Å². The predicted octanol–water partition coefficient (Wildman–Crippen LogP) is 3.04. The molecule has 0 bridgehead atoms. The van der Waals surface area contributed by atoms with Gasteiger partial charge >= 0.3 is 6.18 Å². The Balaban J connectivity index is 2.01. The molecule has 5 nitrogen and oxygen atoms in total. The summed E-state index contributed by atoms with van der Waals surface area (Å²) in [5.74, 6) is -0.470. The molecule has 134 valence electrons. The lowest BCUT2D eigenvalue weighted by atomic mass is 10.0. The first-order chi connectivity index (χ1) is 11.9. The van der Waals surface area contributed by atoms with E-state index in [4.69, 9.17) is 0 Å². The molecular weight excluding hydrogens is 335 g/mol. The second kappa shape index (κ2) is 8.48.